The molecule has 0 saturated heterocycles. The van der Waals surface area contributed by atoms with Gasteiger partial charge < -0.3 is 10.1 Å². The van der Waals surface area contributed by atoms with E-state index in [0.717, 1.165) is 42.9 Å². The molecule has 0 spiro atoms. The highest BCUT2D eigenvalue weighted by Gasteiger charge is 2.21. The molecule has 2 rings (SSSR count). The molecule has 0 bridgehead atoms. The summed E-state index contributed by atoms with van der Waals surface area (Å²) in [6, 6.07) is 4.88. The molecule has 0 aliphatic carbocycles. The summed E-state index contributed by atoms with van der Waals surface area (Å²) in [5.74, 6) is 0.728. The van der Waals surface area contributed by atoms with Gasteiger partial charge in [-0.3, -0.25) is 0 Å². The van der Waals surface area contributed by atoms with Gasteiger partial charge in [-0.15, -0.1) is 0 Å². The van der Waals surface area contributed by atoms with E-state index in [0.29, 0.717) is 0 Å². The molecule has 1 N–H and O–H groups in total. The summed E-state index contributed by atoms with van der Waals surface area (Å²) in [7, 11) is 0. The van der Waals surface area contributed by atoms with Crippen LogP contribution in [0.25, 0.3) is 0 Å². The van der Waals surface area contributed by atoms with Gasteiger partial charge in [-0.25, -0.2) is 4.39 Å². The van der Waals surface area contributed by atoms with E-state index in [1.807, 2.05) is 19.9 Å². The van der Waals surface area contributed by atoms with Crippen LogP contribution in [0, 0.1) is 12.7 Å². The third kappa shape index (κ3) is 2.91. The first-order valence-corrected chi connectivity index (χ1v) is 6.54. The number of allylic oxidation sites excluding steroid dienone is 1. The molecule has 0 radical (unpaired) electrons. The smallest absolute Gasteiger partial charge is 0.123 e. The summed E-state index contributed by atoms with van der Waals surface area (Å²) < 4.78 is 19.1. The molecular formula is C15H20FNO. The molecule has 18 heavy (non-hydrogen) atoms. The van der Waals surface area contributed by atoms with Crippen molar-refractivity contribution in [2.24, 2.45) is 0 Å². The number of aryl methyl sites for hydroxylation is 1. The maximum atomic E-state index is 13.4. The number of likely N-dealkylation sites (N-methyl/N-ethyl adjacent to an activating group) is 1. The van der Waals surface area contributed by atoms with Gasteiger partial charge in [-0.2, -0.15) is 0 Å². The van der Waals surface area contributed by atoms with Crippen molar-refractivity contribution < 1.29 is 9.13 Å². The lowest BCUT2D eigenvalue weighted by atomic mass is 9.98. The highest BCUT2D eigenvalue weighted by molar-refractivity contribution is 5.34. The fourth-order valence-corrected chi connectivity index (χ4v) is 2.27. The van der Waals surface area contributed by atoms with Crippen LogP contribution in [0.4, 0.5) is 4.39 Å². The zero-order chi connectivity index (χ0) is 13.0. The molecule has 1 aliphatic heterocycles. The molecule has 98 valence electrons. The Bertz CT molecular complexity index is 442. The van der Waals surface area contributed by atoms with E-state index < -0.39 is 0 Å². The summed E-state index contributed by atoms with van der Waals surface area (Å²) in [6.07, 6.45) is 4.21. The van der Waals surface area contributed by atoms with E-state index in [4.69, 9.17) is 4.74 Å². The number of benzene rings is 1. The Kier molecular flexibility index (Phi) is 4.37. The minimum absolute atomic E-state index is 0.0361. The van der Waals surface area contributed by atoms with Gasteiger partial charge in [0, 0.05) is 0 Å². The van der Waals surface area contributed by atoms with Crippen molar-refractivity contribution in [2.45, 2.75) is 32.7 Å². The van der Waals surface area contributed by atoms with E-state index >= 15 is 0 Å². The molecular weight excluding hydrogens is 229 g/mol. The van der Waals surface area contributed by atoms with Gasteiger partial charge in [0.05, 0.1) is 12.6 Å². The maximum absolute atomic E-state index is 13.4. The molecule has 1 aliphatic rings. The van der Waals surface area contributed by atoms with E-state index in [1.54, 1.807) is 6.07 Å². The molecule has 2 nitrogen and oxygen atoms in total. The summed E-state index contributed by atoms with van der Waals surface area (Å²) in [5.41, 5.74) is 2.04. The average molecular weight is 249 g/mol. The second-order valence-electron chi connectivity index (χ2n) is 4.59. The summed E-state index contributed by atoms with van der Waals surface area (Å²) in [6.45, 7) is 5.62. The minimum atomic E-state index is -0.199. The van der Waals surface area contributed by atoms with Crippen molar-refractivity contribution >= 4 is 0 Å². The lowest BCUT2D eigenvalue weighted by Crippen LogP contribution is -2.26. The summed E-state index contributed by atoms with van der Waals surface area (Å²) >= 11 is 0. The fourth-order valence-electron chi connectivity index (χ4n) is 2.27. The predicted octanol–water partition coefficient (Wildman–Crippen LogP) is 3.48. The van der Waals surface area contributed by atoms with Crippen molar-refractivity contribution in [3.8, 4) is 0 Å². The lowest BCUT2D eigenvalue weighted by molar-refractivity contribution is 0.168. The third-order valence-corrected chi connectivity index (χ3v) is 3.21. The van der Waals surface area contributed by atoms with Gasteiger partial charge in [0.1, 0.15) is 11.6 Å². The first-order chi connectivity index (χ1) is 8.72. The Balaban J connectivity index is 2.34. The Labute approximate surface area is 108 Å². The van der Waals surface area contributed by atoms with Crippen LogP contribution >= 0.6 is 0 Å². The molecule has 1 unspecified atom stereocenters. The number of hydrogen-bond donors (Lipinski definition) is 1. The van der Waals surface area contributed by atoms with E-state index in [-0.39, 0.29) is 11.9 Å². The van der Waals surface area contributed by atoms with E-state index in [2.05, 4.69) is 11.4 Å². The molecule has 1 aromatic rings. The Morgan fingerprint density at radius 2 is 2.28 bits per heavy atom. The molecule has 0 amide bonds. The molecule has 0 saturated carbocycles. The van der Waals surface area contributed by atoms with Crippen molar-refractivity contribution in [3.05, 3.63) is 47.0 Å². The monoisotopic (exact) mass is 249 g/mol. The van der Waals surface area contributed by atoms with Crippen LogP contribution in [-0.2, 0) is 4.74 Å². The normalized spacial score (nSPS) is 16.9. The van der Waals surface area contributed by atoms with Crippen LogP contribution in [-0.4, -0.2) is 13.2 Å². The summed E-state index contributed by atoms with van der Waals surface area (Å²) in [4.78, 5) is 0. The van der Waals surface area contributed by atoms with Crippen molar-refractivity contribution in [1.29, 1.82) is 0 Å². The van der Waals surface area contributed by atoms with Crippen molar-refractivity contribution in [1.82, 2.24) is 5.32 Å². The van der Waals surface area contributed by atoms with E-state index in [1.165, 1.54) is 6.07 Å². The van der Waals surface area contributed by atoms with Gasteiger partial charge in [0.25, 0.3) is 0 Å². The Morgan fingerprint density at radius 3 is 2.94 bits per heavy atom. The molecule has 1 atom stereocenters. The van der Waals surface area contributed by atoms with E-state index in [9.17, 15) is 4.39 Å². The van der Waals surface area contributed by atoms with Gasteiger partial charge in [-0.1, -0.05) is 13.0 Å². The van der Waals surface area contributed by atoms with Crippen molar-refractivity contribution in [2.75, 3.05) is 13.2 Å². The van der Waals surface area contributed by atoms with Crippen LogP contribution in [0.15, 0.2) is 30.0 Å². The Morgan fingerprint density at radius 1 is 1.44 bits per heavy atom. The molecule has 1 aromatic carbocycles. The first kappa shape index (κ1) is 13.1. The number of hydrogen-bond acceptors (Lipinski definition) is 2. The zero-order valence-electron chi connectivity index (χ0n) is 11.0. The van der Waals surface area contributed by atoms with Gasteiger partial charge >= 0.3 is 0 Å². The Hall–Kier alpha value is -1.35. The minimum Gasteiger partial charge on any atom is -0.496 e. The second-order valence-corrected chi connectivity index (χ2v) is 4.59. The number of ether oxygens (including phenoxy) is 1. The third-order valence-electron chi connectivity index (χ3n) is 3.21. The largest absolute Gasteiger partial charge is 0.496 e. The molecule has 0 fully saturated rings. The van der Waals surface area contributed by atoms with Gasteiger partial charge in [0.2, 0.25) is 0 Å². The van der Waals surface area contributed by atoms with Gasteiger partial charge in [0.15, 0.2) is 0 Å². The highest BCUT2D eigenvalue weighted by atomic mass is 19.1. The van der Waals surface area contributed by atoms with Crippen LogP contribution in [0.1, 0.15) is 36.9 Å². The molecule has 1 heterocycles. The first-order valence-electron chi connectivity index (χ1n) is 6.54. The predicted molar refractivity (Wildman–Crippen MR) is 70.8 cm³/mol. The molecule has 0 aromatic heterocycles. The number of halogens is 1. The SMILES string of the molecule is CCNC(C1=CCCCO1)c1cc(F)ccc1C. The standard InChI is InChI=1S/C15H20FNO/c1-3-17-15(14-6-4-5-9-18-14)13-10-12(16)8-7-11(13)2/h6-8,10,15,17H,3-5,9H2,1-2H3. The van der Waals surface area contributed by atoms with Crippen LogP contribution in [0.3, 0.4) is 0 Å². The highest BCUT2D eigenvalue weighted by Crippen LogP contribution is 2.28. The zero-order valence-corrected chi connectivity index (χ0v) is 11.0. The van der Waals surface area contributed by atoms with Crippen LogP contribution in [0.5, 0.6) is 0 Å². The van der Waals surface area contributed by atoms with Crippen LogP contribution in [0.2, 0.25) is 0 Å². The number of nitrogens with one attached hydrogen (secondary N) is 1. The van der Waals surface area contributed by atoms with Crippen LogP contribution < -0.4 is 5.32 Å². The van der Waals surface area contributed by atoms with Crippen molar-refractivity contribution in [3.63, 3.8) is 0 Å². The second kappa shape index (κ2) is 6.01. The lowest BCUT2D eigenvalue weighted by Gasteiger charge is -2.26. The fraction of sp³-hybridized carbons (Fsp3) is 0.467. The summed E-state index contributed by atoms with van der Waals surface area (Å²) in [5, 5.41) is 3.38. The number of rotatable bonds is 4. The molecule has 3 heteroatoms. The quantitative estimate of drug-likeness (QED) is 0.882. The van der Waals surface area contributed by atoms with Gasteiger partial charge in [-0.05, 0) is 55.6 Å². The average Bonchev–Trinajstić information content (AvgIpc) is 2.40. The maximum Gasteiger partial charge on any atom is 0.123 e. The topological polar surface area (TPSA) is 21.3 Å².